The van der Waals surface area contributed by atoms with Crippen molar-refractivity contribution in [3.63, 3.8) is 0 Å². The van der Waals surface area contributed by atoms with E-state index in [4.69, 9.17) is 11.6 Å². The van der Waals surface area contributed by atoms with E-state index >= 15 is 0 Å². The lowest BCUT2D eigenvalue weighted by atomic mass is 10.2. The van der Waals surface area contributed by atoms with Crippen molar-refractivity contribution in [2.45, 2.75) is 25.8 Å². The smallest absolute Gasteiger partial charge is 0.251 e. The predicted octanol–water partition coefficient (Wildman–Crippen LogP) is 1.98. The molecular formula is C14H17ClN2O2. The topological polar surface area (TPSA) is 58.2 Å². The number of hydrogen-bond acceptors (Lipinski definition) is 2. The second-order valence-electron chi connectivity index (χ2n) is 4.88. The van der Waals surface area contributed by atoms with Crippen molar-refractivity contribution in [1.82, 2.24) is 10.6 Å². The zero-order chi connectivity index (χ0) is 13.8. The predicted molar refractivity (Wildman–Crippen MR) is 74.1 cm³/mol. The summed E-state index contributed by atoms with van der Waals surface area (Å²) in [5, 5.41) is 6.05. The van der Waals surface area contributed by atoms with Crippen molar-refractivity contribution >= 4 is 23.4 Å². The molecule has 4 nitrogen and oxygen atoms in total. The number of halogens is 1. The number of benzene rings is 1. The fourth-order valence-corrected chi connectivity index (χ4v) is 2.01. The van der Waals surface area contributed by atoms with Crippen LogP contribution in [0.25, 0.3) is 0 Å². The average molecular weight is 281 g/mol. The molecule has 1 aliphatic rings. The van der Waals surface area contributed by atoms with E-state index < -0.39 is 0 Å². The van der Waals surface area contributed by atoms with Gasteiger partial charge in [-0.25, -0.2) is 0 Å². The van der Waals surface area contributed by atoms with Crippen LogP contribution in [0.2, 0.25) is 5.02 Å². The molecule has 0 radical (unpaired) electrons. The number of nitrogens with one attached hydrogen (secondary N) is 2. The van der Waals surface area contributed by atoms with Crippen LogP contribution in [0.3, 0.4) is 0 Å². The minimum atomic E-state index is -0.272. The zero-order valence-corrected chi connectivity index (χ0v) is 11.5. The minimum Gasteiger partial charge on any atom is -0.352 e. The summed E-state index contributed by atoms with van der Waals surface area (Å²) in [5.74, 6) is 0.184. The molecule has 1 aromatic carbocycles. The molecule has 0 saturated heterocycles. The molecule has 0 aliphatic heterocycles. The molecule has 2 amide bonds. The van der Waals surface area contributed by atoms with Crippen LogP contribution in [-0.4, -0.2) is 24.4 Å². The van der Waals surface area contributed by atoms with Crippen LogP contribution >= 0.6 is 11.6 Å². The van der Waals surface area contributed by atoms with E-state index in [-0.39, 0.29) is 24.4 Å². The van der Waals surface area contributed by atoms with Gasteiger partial charge in [-0.15, -0.1) is 0 Å². The van der Waals surface area contributed by atoms with E-state index in [1.807, 2.05) is 6.92 Å². The first-order valence-corrected chi connectivity index (χ1v) is 6.77. The second-order valence-corrected chi connectivity index (χ2v) is 5.32. The van der Waals surface area contributed by atoms with E-state index in [0.717, 1.165) is 0 Å². The van der Waals surface area contributed by atoms with Crippen LogP contribution in [0.5, 0.6) is 0 Å². The third-order valence-electron chi connectivity index (χ3n) is 3.23. The monoisotopic (exact) mass is 280 g/mol. The highest BCUT2D eigenvalue weighted by atomic mass is 35.5. The molecule has 1 aliphatic carbocycles. The van der Waals surface area contributed by atoms with Gasteiger partial charge < -0.3 is 10.6 Å². The van der Waals surface area contributed by atoms with Crippen LogP contribution in [0, 0.1) is 5.92 Å². The summed E-state index contributed by atoms with van der Waals surface area (Å²) in [6.45, 7) is 2.00. The maximum Gasteiger partial charge on any atom is 0.251 e. The third-order valence-corrected chi connectivity index (χ3v) is 3.49. The van der Waals surface area contributed by atoms with Crippen LogP contribution in [0.1, 0.15) is 30.1 Å². The summed E-state index contributed by atoms with van der Waals surface area (Å²) in [6, 6.07) is 6.74. The average Bonchev–Trinajstić information content (AvgIpc) is 3.21. The Kier molecular flexibility index (Phi) is 4.43. The number of carbonyl (C=O) groups excluding carboxylic acids is 2. The number of amides is 2. The maximum absolute atomic E-state index is 11.8. The summed E-state index contributed by atoms with van der Waals surface area (Å²) < 4.78 is 0. The minimum absolute atomic E-state index is 0.00147. The Morgan fingerprint density at radius 1 is 1.32 bits per heavy atom. The quantitative estimate of drug-likeness (QED) is 0.866. The Labute approximate surface area is 117 Å². The summed E-state index contributed by atoms with van der Waals surface area (Å²) in [6.07, 6.45) is 2.36. The molecule has 2 N–H and O–H groups in total. The third kappa shape index (κ3) is 4.24. The van der Waals surface area contributed by atoms with Crippen LogP contribution < -0.4 is 10.6 Å². The first kappa shape index (κ1) is 13.9. The number of rotatable bonds is 5. The molecule has 2 rings (SSSR count). The molecule has 0 aromatic heterocycles. The Morgan fingerprint density at radius 2 is 1.95 bits per heavy atom. The van der Waals surface area contributed by atoms with Gasteiger partial charge in [-0.3, -0.25) is 9.59 Å². The summed E-state index contributed by atoms with van der Waals surface area (Å²) in [7, 11) is 0. The second kappa shape index (κ2) is 6.06. The van der Waals surface area contributed by atoms with E-state index in [1.165, 1.54) is 12.8 Å². The molecule has 102 valence electrons. The van der Waals surface area contributed by atoms with Crippen molar-refractivity contribution in [2.24, 2.45) is 5.92 Å². The molecule has 1 atom stereocenters. The number of hydrogen-bond donors (Lipinski definition) is 2. The van der Waals surface area contributed by atoms with Gasteiger partial charge in [-0.1, -0.05) is 11.6 Å². The van der Waals surface area contributed by atoms with Gasteiger partial charge in [-0.2, -0.15) is 0 Å². The van der Waals surface area contributed by atoms with Crippen molar-refractivity contribution in [1.29, 1.82) is 0 Å². The van der Waals surface area contributed by atoms with Gasteiger partial charge in [0.15, 0.2) is 0 Å². The van der Waals surface area contributed by atoms with Crippen molar-refractivity contribution in [3.05, 3.63) is 34.9 Å². The van der Waals surface area contributed by atoms with Crippen molar-refractivity contribution in [3.8, 4) is 0 Å². The zero-order valence-electron chi connectivity index (χ0n) is 10.8. The van der Waals surface area contributed by atoms with Gasteiger partial charge >= 0.3 is 0 Å². The molecule has 0 spiro atoms. The largest absolute Gasteiger partial charge is 0.352 e. The fourth-order valence-electron chi connectivity index (χ4n) is 1.88. The lowest BCUT2D eigenvalue weighted by Crippen LogP contribution is -2.41. The Balaban J connectivity index is 1.76. The van der Waals surface area contributed by atoms with Crippen molar-refractivity contribution < 1.29 is 9.59 Å². The standard InChI is InChI=1S/C14H17ClN2O2/c1-9(10-2-3-10)17-13(18)8-16-14(19)11-4-6-12(15)7-5-11/h4-7,9-10H,2-3,8H2,1H3,(H,16,19)(H,17,18). The Bertz CT molecular complexity index is 469. The van der Waals surface area contributed by atoms with Gasteiger partial charge in [-0.05, 0) is 49.9 Å². The molecule has 0 heterocycles. The normalized spacial score (nSPS) is 15.7. The van der Waals surface area contributed by atoms with Gasteiger partial charge in [0.2, 0.25) is 5.91 Å². The van der Waals surface area contributed by atoms with E-state index in [2.05, 4.69) is 10.6 Å². The van der Waals surface area contributed by atoms with Crippen LogP contribution in [-0.2, 0) is 4.79 Å². The first-order valence-electron chi connectivity index (χ1n) is 6.39. The van der Waals surface area contributed by atoms with E-state index in [9.17, 15) is 9.59 Å². The molecule has 0 bridgehead atoms. The molecule has 1 fully saturated rings. The van der Waals surface area contributed by atoms with E-state index in [1.54, 1.807) is 24.3 Å². The van der Waals surface area contributed by atoms with Crippen LogP contribution in [0.15, 0.2) is 24.3 Å². The van der Waals surface area contributed by atoms with Crippen LogP contribution in [0.4, 0.5) is 0 Å². The fraction of sp³-hybridized carbons (Fsp3) is 0.429. The molecule has 1 aromatic rings. The maximum atomic E-state index is 11.8. The lowest BCUT2D eigenvalue weighted by molar-refractivity contribution is -0.120. The lowest BCUT2D eigenvalue weighted by Gasteiger charge is -2.13. The molecular weight excluding hydrogens is 264 g/mol. The van der Waals surface area contributed by atoms with Gasteiger partial charge in [0.25, 0.3) is 5.91 Å². The molecule has 1 unspecified atom stereocenters. The van der Waals surface area contributed by atoms with E-state index in [0.29, 0.717) is 16.5 Å². The Hall–Kier alpha value is -1.55. The van der Waals surface area contributed by atoms with Gasteiger partial charge in [0.1, 0.15) is 0 Å². The highest BCUT2D eigenvalue weighted by Gasteiger charge is 2.28. The first-order chi connectivity index (χ1) is 9.06. The Morgan fingerprint density at radius 3 is 2.53 bits per heavy atom. The summed E-state index contributed by atoms with van der Waals surface area (Å²) in [5.41, 5.74) is 0.493. The summed E-state index contributed by atoms with van der Waals surface area (Å²) >= 11 is 5.74. The van der Waals surface area contributed by atoms with Gasteiger partial charge in [0, 0.05) is 16.6 Å². The molecule has 1 saturated carbocycles. The van der Waals surface area contributed by atoms with Crippen molar-refractivity contribution in [2.75, 3.05) is 6.54 Å². The summed E-state index contributed by atoms with van der Waals surface area (Å²) in [4.78, 5) is 23.4. The molecule has 5 heteroatoms. The highest BCUT2D eigenvalue weighted by molar-refractivity contribution is 6.30. The molecule has 19 heavy (non-hydrogen) atoms. The number of carbonyl (C=O) groups is 2. The van der Waals surface area contributed by atoms with Gasteiger partial charge in [0.05, 0.1) is 6.54 Å². The SMILES string of the molecule is CC(NC(=O)CNC(=O)c1ccc(Cl)cc1)C1CC1. The highest BCUT2D eigenvalue weighted by Crippen LogP contribution is 2.32.